The predicted molar refractivity (Wildman–Crippen MR) is 52.6 cm³/mol. The van der Waals surface area contributed by atoms with E-state index in [1.54, 1.807) is 12.1 Å². The molecule has 2 nitrogen and oxygen atoms in total. The highest BCUT2D eigenvalue weighted by molar-refractivity contribution is 6.30. The minimum Gasteiger partial charge on any atom is -0.466 e. The normalized spacial score (nSPS) is 11.2. The number of carbonyl (C=O) groups is 1. The van der Waals surface area contributed by atoms with Crippen LogP contribution in [0.1, 0.15) is 5.56 Å². The smallest absolute Gasteiger partial charge is 0.333 e. The minimum absolute atomic E-state index is 0.291. The molecule has 0 saturated heterocycles. The van der Waals surface area contributed by atoms with Crippen LogP contribution >= 0.6 is 11.6 Å². The van der Waals surface area contributed by atoms with Crippen molar-refractivity contribution in [1.29, 1.82) is 0 Å². The minimum atomic E-state index is -0.725. The van der Waals surface area contributed by atoms with Gasteiger partial charge in [-0.15, -0.1) is 0 Å². The SMILES string of the molecule is COC(=O)C=C(F)c1ccc(Cl)cc1. The fourth-order valence-corrected chi connectivity index (χ4v) is 0.981. The Hall–Kier alpha value is -1.35. The fourth-order valence-electron chi connectivity index (χ4n) is 0.855. The van der Waals surface area contributed by atoms with E-state index in [9.17, 15) is 9.18 Å². The zero-order valence-corrected chi connectivity index (χ0v) is 8.22. The molecule has 0 amide bonds. The third-order valence-corrected chi connectivity index (χ3v) is 1.82. The van der Waals surface area contributed by atoms with Gasteiger partial charge in [0.25, 0.3) is 0 Å². The zero-order valence-electron chi connectivity index (χ0n) is 7.46. The van der Waals surface area contributed by atoms with Crippen molar-refractivity contribution in [3.05, 3.63) is 40.9 Å². The Morgan fingerprint density at radius 1 is 1.43 bits per heavy atom. The molecule has 0 aliphatic heterocycles. The van der Waals surface area contributed by atoms with Gasteiger partial charge in [0, 0.05) is 10.6 Å². The number of rotatable bonds is 2. The Morgan fingerprint density at radius 3 is 2.50 bits per heavy atom. The summed E-state index contributed by atoms with van der Waals surface area (Å²) in [6, 6.07) is 6.05. The van der Waals surface area contributed by atoms with E-state index in [4.69, 9.17) is 11.6 Å². The summed E-state index contributed by atoms with van der Waals surface area (Å²) in [4.78, 5) is 10.7. The molecule has 1 rings (SSSR count). The number of carbonyl (C=O) groups excluding carboxylic acids is 1. The van der Waals surface area contributed by atoms with Gasteiger partial charge in [0.05, 0.1) is 13.2 Å². The fraction of sp³-hybridized carbons (Fsp3) is 0.100. The first-order valence-corrected chi connectivity index (χ1v) is 4.22. The highest BCUT2D eigenvalue weighted by Gasteiger charge is 2.03. The lowest BCUT2D eigenvalue weighted by molar-refractivity contribution is -0.134. The number of esters is 1. The van der Waals surface area contributed by atoms with Crippen LogP contribution in [0.4, 0.5) is 4.39 Å². The van der Waals surface area contributed by atoms with Crippen LogP contribution in [0.25, 0.3) is 5.83 Å². The summed E-state index contributed by atoms with van der Waals surface area (Å²) in [7, 11) is 1.19. The third-order valence-electron chi connectivity index (χ3n) is 1.57. The van der Waals surface area contributed by atoms with E-state index >= 15 is 0 Å². The molecule has 0 spiro atoms. The van der Waals surface area contributed by atoms with Crippen molar-refractivity contribution in [2.45, 2.75) is 0 Å². The van der Waals surface area contributed by atoms with Gasteiger partial charge in [0.1, 0.15) is 5.83 Å². The van der Waals surface area contributed by atoms with E-state index in [-0.39, 0.29) is 0 Å². The molecule has 4 heteroatoms. The first-order valence-electron chi connectivity index (χ1n) is 3.84. The standard InChI is InChI=1S/C10H8ClFO2/c1-14-10(13)6-9(12)7-2-4-8(11)5-3-7/h2-6H,1H3. The number of ether oxygens (including phenoxy) is 1. The van der Waals surface area contributed by atoms with Gasteiger partial charge >= 0.3 is 5.97 Å². The molecule has 0 atom stereocenters. The lowest BCUT2D eigenvalue weighted by atomic mass is 10.2. The third kappa shape index (κ3) is 2.85. The molecule has 1 aromatic carbocycles. The molecule has 0 N–H and O–H groups in total. The van der Waals surface area contributed by atoms with Gasteiger partial charge in [-0.05, 0) is 12.1 Å². The van der Waals surface area contributed by atoms with E-state index in [0.29, 0.717) is 10.6 Å². The van der Waals surface area contributed by atoms with Gasteiger partial charge in [-0.3, -0.25) is 0 Å². The number of methoxy groups -OCH3 is 1. The number of hydrogen-bond acceptors (Lipinski definition) is 2. The van der Waals surface area contributed by atoms with Crippen LogP contribution in [-0.4, -0.2) is 13.1 Å². The molecule has 0 fully saturated rings. The first kappa shape index (κ1) is 10.7. The summed E-state index contributed by atoms with van der Waals surface area (Å²) in [5.41, 5.74) is 0.291. The van der Waals surface area contributed by atoms with E-state index in [1.807, 2.05) is 0 Å². The first-order chi connectivity index (χ1) is 6.63. The van der Waals surface area contributed by atoms with Crippen LogP contribution in [0.2, 0.25) is 5.02 Å². The lowest BCUT2D eigenvalue weighted by Gasteiger charge is -1.97. The Balaban J connectivity index is 2.89. The second-order valence-corrected chi connectivity index (χ2v) is 2.96. The molecular formula is C10H8ClFO2. The summed E-state index contributed by atoms with van der Waals surface area (Å²) in [6.45, 7) is 0. The summed E-state index contributed by atoms with van der Waals surface area (Å²) in [5, 5.41) is 0.514. The summed E-state index contributed by atoms with van der Waals surface area (Å²) >= 11 is 5.62. The molecule has 0 heterocycles. The van der Waals surface area contributed by atoms with Crippen LogP contribution in [-0.2, 0) is 9.53 Å². The van der Waals surface area contributed by atoms with Crippen molar-refractivity contribution in [3.63, 3.8) is 0 Å². The predicted octanol–water partition coefficient (Wildman–Crippen LogP) is 2.82. The van der Waals surface area contributed by atoms with Gasteiger partial charge in [0.15, 0.2) is 0 Å². The molecule has 0 radical (unpaired) electrons. The Labute approximate surface area is 85.9 Å². The monoisotopic (exact) mass is 214 g/mol. The molecule has 0 aliphatic carbocycles. The molecule has 0 saturated carbocycles. The highest BCUT2D eigenvalue weighted by Crippen LogP contribution is 2.18. The van der Waals surface area contributed by atoms with Gasteiger partial charge in [-0.1, -0.05) is 23.7 Å². The Kier molecular flexibility index (Phi) is 3.65. The Bertz CT molecular complexity index is 357. The molecule has 0 unspecified atom stereocenters. The van der Waals surface area contributed by atoms with Crippen molar-refractivity contribution < 1.29 is 13.9 Å². The van der Waals surface area contributed by atoms with Crippen LogP contribution in [0, 0.1) is 0 Å². The quantitative estimate of drug-likeness (QED) is 0.559. The molecule has 14 heavy (non-hydrogen) atoms. The maximum absolute atomic E-state index is 13.2. The molecule has 1 aromatic rings. The average Bonchev–Trinajstić information content (AvgIpc) is 2.18. The van der Waals surface area contributed by atoms with Crippen LogP contribution in [0.3, 0.4) is 0 Å². The molecule has 0 bridgehead atoms. The van der Waals surface area contributed by atoms with E-state index in [2.05, 4.69) is 4.74 Å². The number of benzene rings is 1. The zero-order chi connectivity index (χ0) is 10.6. The number of hydrogen-bond donors (Lipinski definition) is 0. The maximum atomic E-state index is 13.2. The second kappa shape index (κ2) is 4.77. The lowest BCUT2D eigenvalue weighted by Crippen LogP contribution is -1.95. The van der Waals surface area contributed by atoms with Crippen LogP contribution < -0.4 is 0 Å². The van der Waals surface area contributed by atoms with E-state index < -0.39 is 11.8 Å². The van der Waals surface area contributed by atoms with Gasteiger partial charge in [-0.25, -0.2) is 9.18 Å². The second-order valence-electron chi connectivity index (χ2n) is 2.52. The topological polar surface area (TPSA) is 26.3 Å². The summed E-state index contributed by atoms with van der Waals surface area (Å²) in [5.74, 6) is -1.37. The largest absolute Gasteiger partial charge is 0.466 e. The van der Waals surface area contributed by atoms with Gasteiger partial charge in [0.2, 0.25) is 0 Å². The molecule has 0 aliphatic rings. The van der Waals surface area contributed by atoms with Crippen LogP contribution in [0.5, 0.6) is 0 Å². The summed E-state index contributed by atoms with van der Waals surface area (Å²) in [6.07, 6.45) is 0.781. The van der Waals surface area contributed by atoms with Crippen molar-refractivity contribution in [2.75, 3.05) is 7.11 Å². The summed E-state index contributed by atoms with van der Waals surface area (Å²) < 4.78 is 17.5. The highest BCUT2D eigenvalue weighted by atomic mass is 35.5. The molecule has 74 valence electrons. The molecule has 0 aromatic heterocycles. The van der Waals surface area contributed by atoms with Gasteiger partial charge < -0.3 is 4.74 Å². The van der Waals surface area contributed by atoms with Crippen molar-refractivity contribution in [3.8, 4) is 0 Å². The Morgan fingerprint density at radius 2 is 2.00 bits per heavy atom. The number of halogens is 2. The molecular weight excluding hydrogens is 207 g/mol. The van der Waals surface area contributed by atoms with E-state index in [1.165, 1.54) is 19.2 Å². The van der Waals surface area contributed by atoms with Crippen molar-refractivity contribution in [1.82, 2.24) is 0 Å². The van der Waals surface area contributed by atoms with Crippen LogP contribution in [0.15, 0.2) is 30.3 Å². The van der Waals surface area contributed by atoms with Crippen molar-refractivity contribution in [2.24, 2.45) is 0 Å². The van der Waals surface area contributed by atoms with Crippen molar-refractivity contribution >= 4 is 23.4 Å². The van der Waals surface area contributed by atoms with E-state index in [0.717, 1.165) is 6.08 Å². The maximum Gasteiger partial charge on any atom is 0.333 e. The van der Waals surface area contributed by atoms with Gasteiger partial charge in [-0.2, -0.15) is 0 Å². The average molecular weight is 215 g/mol.